The van der Waals surface area contributed by atoms with Crippen LogP contribution in [0.25, 0.3) is 0 Å². The second kappa shape index (κ2) is 9.41. The number of aromatic nitrogens is 1. The van der Waals surface area contributed by atoms with Crippen LogP contribution in [0.5, 0.6) is 0 Å². The zero-order valence-corrected chi connectivity index (χ0v) is 18.4. The van der Waals surface area contributed by atoms with Gasteiger partial charge in [-0.2, -0.15) is 0 Å². The average Bonchev–Trinajstić information content (AvgIpc) is 3.38. The fourth-order valence-electron chi connectivity index (χ4n) is 3.77. The number of carbonyl (C=O) groups excluding carboxylic acids is 2. The molecule has 160 valence electrons. The molecule has 0 radical (unpaired) electrons. The van der Waals surface area contributed by atoms with Gasteiger partial charge in [0.25, 0.3) is 0 Å². The number of nitrogens with one attached hydrogen (secondary N) is 3. The molecule has 2 aromatic carbocycles. The molecule has 3 aromatic rings. The van der Waals surface area contributed by atoms with E-state index in [0.29, 0.717) is 5.13 Å². The first kappa shape index (κ1) is 21.2. The van der Waals surface area contributed by atoms with Crippen LogP contribution in [0, 0.1) is 0 Å². The molecule has 0 saturated heterocycles. The third kappa shape index (κ3) is 4.68. The summed E-state index contributed by atoms with van der Waals surface area (Å²) in [5.41, 5.74) is 2.86. The Morgan fingerprint density at radius 3 is 2.23 bits per heavy atom. The van der Waals surface area contributed by atoms with E-state index in [0.717, 1.165) is 34.5 Å². The highest BCUT2D eigenvalue weighted by Gasteiger charge is 2.34. The summed E-state index contributed by atoms with van der Waals surface area (Å²) in [6.07, 6.45) is 1.53. The standard InChI is InChI=1S/C24H26N4O2S/c1-15(25-2)22(29)28-24-27-21-18(13-14-19(21)31-24)23(30)26-20(16-9-5-3-6-10-16)17-11-7-4-8-12-17/h3-12,15,18,20,25H,13-14H2,1-2H3,(H,26,30)(H,27,28,29)/t15-,18?/m0/s1. The highest BCUT2D eigenvalue weighted by molar-refractivity contribution is 7.16. The van der Waals surface area contributed by atoms with Crippen LogP contribution in [0.15, 0.2) is 60.7 Å². The lowest BCUT2D eigenvalue weighted by Crippen LogP contribution is -2.35. The molecule has 0 fully saturated rings. The highest BCUT2D eigenvalue weighted by Crippen LogP contribution is 2.39. The first-order chi connectivity index (χ1) is 15.1. The van der Waals surface area contributed by atoms with Crippen molar-refractivity contribution in [1.29, 1.82) is 0 Å². The molecule has 3 N–H and O–H groups in total. The first-order valence-corrected chi connectivity index (χ1v) is 11.3. The SMILES string of the molecule is CN[C@@H](C)C(=O)Nc1nc2c(s1)CCC2C(=O)NC(c1ccccc1)c1ccccc1. The fraction of sp³-hybridized carbons (Fsp3) is 0.292. The van der Waals surface area contributed by atoms with Crippen LogP contribution in [0.3, 0.4) is 0 Å². The summed E-state index contributed by atoms with van der Waals surface area (Å²) in [4.78, 5) is 31.1. The summed E-state index contributed by atoms with van der Waals surface area (Å²) in [7, 11) is 1.74. The molecule has 1 aliphatic carbocycles. The Kier molecular flexibility index (Phi) is 6.44. The number of likely N-dealkylation sites (N-methyl/N-ethyl adjacent to an activating group) is 1. The van der Waals surface area contributed by atoms with Crippen LogP contribution in [-0.2, 0) is 16.0 Å². The van der Waals surface area contributed by atoms with E-state index in [1.54, 1.807) is 14.0 Å². The lowest BCUT2D eigenvalue weighted by atomic mass is 9.97. The molecule has 1 aliphatic rings. The Morgan fingerprint density at radius 2 is 1.65 bits per heavy atom. The normalized spacial score (nSPS) is 16.0. The molecular weight excluding hydrogens is 408 g/mol. The molecule has 0 saturated carbocycles. The second-order valence-corrected chi connectivity index (χ2v) is 8.76. The van der Waals surface area contributed by atoms with Crippen molar-refractivity contribution >= 4 is 28.3 Å². The number of hydrogen-bond donors (Lipinski definition) is 3. The Bertz CT molecular complexity index is 1010. The number of thiazole rings is 1. The molecule has 2 amide bonds. The molecule has 31 heavy (non-hydrogen) atoms. The molecular formula is C24H26N4O2S. The van der Waals surface area contributed by atoms with Gasteiger partial charge in [0.05, 0.1) is 23.7 Å². The number of hydrogen-bond acceptors (Lipinski definition) is 5. The molecule has 1 aromatic heterocycles. The average molecular weight is 435 g/mol. The predicted octanol–water partition coefficient (Wildman–Crippen LogP) is 3.63. The fourth-order valence-corrected chi connectivity index (χ4v) is 4.81. The topological polar surface area (TPSA) is 83.1 Å². The van der Waals surface area contributed by atoms with Crippen LogP contribution >= 0.6 is 11.3 Å². The van der Waals surface area contributed by atoms with Crippen LogP contribution in [0.4, 0.5) is 5.13 Å². The van der Waals surface area contributed by atoms with E-state index < -0.39 is 0 Å². The molecule has 1 unspecified atom stereocenters. The van der Waals surface area contributed by atoms with Crippen molar-refractivity contribution in [3.05, 3.63) is 82.4 Å². The highest BCUT2D eigenvalue weighted by atomic mass is 32.1. The van der Waals surface area contributed by atoms with Gasteiger partial charge in [-0.25, -0.2) is 4.98 Å². The van der Waals surface area contributed by atoms with Crippen molar-refractivity contribution in [2.75, 3.05) is 12.4 Å². The van der Waals surface area contributed by atoms with Crippen LogP contribution in [0.2, 0.25) is 0 Å². The summed E-state index contributed by atoms with van der Waals surface area (Å²) in [6, 6.07) is 19.4. The van der Waals surface area contributed by atoms with Crippen LogP contribution in [-0.4, -0.2) is 29.9 Å². The number of nitrogens with zero attached hydrogens (tertiary/aromatic N) is 1. The Morgan fingerprint density at radius 1 is 1.03 bits per heavy atom. The number of anilines is 1. The molecule has 0 bridgehead atoms. The second-order valence-electron chi connectivity index (χ2n) is 7.68. The molecule has 0 aliphatic heterocycles. The van der Waals surface area contributed by atoms with Crippen LogP contribution < -0.4 is 16.0 Å². The van der Waals surface area contributed by atoms with Gasteiger partial charge < -0.3 is 16.0 Å². The maximum Gasteiger partial charge on any atom is 0.242 e. The van der Waals surface area contributed by atoms with Crippen molar-refractivity contribution < 1.29 is 9.59 Å². The minimum atomic E-state index is -0.312. The van der Waals surface area contributed by atoms with Crippen molar-refractivity contribution in [3.63, 3.8) is 0 Å². The Balaban J connectivity index is 1.53. The van der Waals surface area contributed by atoms with Crippen molar-refractivity contribution in [1.82, 2.24) is 15.6 Å². The molecule has 0 spiro atoms. The van der Waals surface area contributed by atoms with Gasteiger partial charge >= 0.3 is 0 Å². The molecule has 4 rings (SSSR count). The van der Waals surface area contributed by atoms with E-state index in [2.05, 4.69) is 20.9 Å². The van der Waals surface area contributed by atoms with Crippen LogP contribution in [0.1, 0.15) is 47.0 Å². The zero-order valence-electron chi connectivity index (χ0n) is 17.6. The number of aryl methyl sites for hydroxylation is 1. The van der Waals surface area contributed by atoms with E-state index >= 15 is 0 Å². The van der Waals surface area contributed by atoms with Gasteiger partial charge in [0.2, 0.25) is 11.8 Å². The molecule has 7 heteroatoms. The number of amides is 2. The number of fused-ring (bicyclic) bond motifs is 1. The van der Waals surface area contributed by atoms with Gasteiger partial charge in [-0.15, -0.1) is 11.3 Å². The maximum atomic E-state index is 13.3. The van der Waals surface area contributed by atoms with Crippen molar-refractivity contribution in [3.8, 4) is 0 Å². The third-order valence-corrected chi connectivity index (χ3v) is 6.69. The maximum absolute atomic E-state index is 13.3. The summed E-state index contributed by atoms with van der Waals surface area (Å²) in [6.45, 7) is 1.79. The zero-order chi connectivity index (χ0) is 21.8. The van der Waals surface area contributed by atoms with Gasteiger partial charge in [0.15, 0.2) is 5.13 Å². The Hall–Kier alpha value is -3.03. The van der Waals surface area contributed by atoms with E-state index in [-0.39, 0.29) is 29.8 Å². The lowest BCUT2D eigenvalue weighted by Gasteiger charge is -2.22. The van der Waals surface area contributed by atoms with Gasteiger partial charge in [-0.1, -0.05) is 60.7 Å². The number of benzene rings is 2. The summed E-state index contributed by atoms with van der Waals surface area (Å²) in [5, 5.41) is 9.55. The van der Waals surface area contributed by atoms with Crippen molar-refractivity contribution in [2.24, 2.45) is 0 Å². The smallest absolute Gasteiger partial charge is 0.242 e. The first-order valence-electron chi connectivity index (χ1n) is 10.4. The monoisotopic (exact) mass is 434 g/mol. The molecule has 2 atom stereocenters. The van der Waals surface area contributed by atoms with Gasteiger partial charge in [0.1, 0.15) is 0 Å². The summed E-state index contributed by atoms with van der Waals surface area (Å²) < 4.78 is 0. The van der Waals surface area contributed by atoms with Crippen molar-refractivity contribution in [2.45, 2.75) is 37.8 Å². The minimum absolute atomic E-state index is 0.0387. The quantitative estimate of drug-likeness (QED) is 0.530. The van der Waals surface area contributed by atoms with Gasteiger partial charge in [-0.3, -0.25) is 9.59 Å². The van der Waals surface area contributed by atoms with Gasteiger partial charge in [-0.05, 0) is 37.9 Å². The summed E-state index contributed by atoms with van der Waals surface area (Å²) >= 11 is 1.46. The summed E-state index contributed by atoms with van der Waals surface area (Å²) in [5.74, 6) is -0.485. The Labute approximate surface area is 186 Å². The number of carbonyl (C=O) groups is 2. The van der Waals surface area contributed by atoms with E-state index in [4.69, 9.17) is 0 Å². The van der Waals surface area contributed by atoms with E-state index in [1.807, 2.05) is 60.7 Å². The molecule has 6 nitrogen and oxygen atoms in total. The van der Waals surface area contributed by atoms with E-state index in [9.17, 15) is 9.59 Å². The number of rotatable bonds is 7. The van der Waals surface area contributed by atoms with E-state index in [1.165, 1.54) is 11.3 Å². The predicted molar refractivity (Wildman–Crippen MR) is 123 cm³/mol. The molecule has 1 heterocycles. The lowest BCUT2D eigenvalue weighted by molar-refractivity contribution is -0.123. The minimum Gasteiger partial charge on any atom is -0.345 e. The van der Waals surface area contributed by atoms with Gasteiger partial charge in [0, 0.05) is 4.88 Å². The third-order valence-electron chi connectivity index (χ3n) is 5.64. The largest absolute Gasteiger partial charge is 0.345 e.